The molecule has 1 heterocycles. The molecule has 1 rings (SSSR count). The van der Waals surface area contributed by atoms with Crippen LogP contribution in [0, 0.1) is 11.8 Å². The topological polar surface area (TPSA) is 67.2 Å². The Morgan fingerprint density at radius 3 is 2.48 bits per heavy atom. The predicted molar refractivity (Wildman–Crippen MR) is 84.2 cm³/mol. The molecule has 1 amide bonds. The zero-order valence-electron chi connectivity index (χ0n) is 13.9. The van der Waals surface area contributed by atoms with Gasteiger partial charge in [0.1, 0.15) is 5.69 Å². The molecule has 0 fully saturated rings. The lowest BCUT2D eigenvalue weighted by molar-refractivity contribution is 0.0897. The number of carbonyl (C=O) groups excluding carboxylic acids is 1. The van der Waals surface area contributed by atoms with Crippen molar-refractivity contribution in [1.82, 2.24) is 15.1 Å². The summed E-state index contributed by atoms with van der Waals surface area (Å²) in [6.07, 6.45) is 1.63. The molecule has 5 heteroatoms. The van der Waals surface area contributed by atoms with Gasteiger partial charge in [-0.15, -0.1) is 0 Å². The maximum atomic E-state index is 12.4. The zero-order chi connectivity index (χ0) is 16.0. The minimum absolute atomic E-state index is 0.0387. The molecule has 1 aromatic heterocycles. The van der Waals surface area contributed by atoms with E-state index in [0.717, 1.165) is 18.5 Å². The Hall–Kier alpha value is -1.36. The van der Waals surface area contributed by atoms with Gasteiger partial charge in [0.2, 0.25) is 0 Å². The first-order valence-corrected chi connectivity index (χ1v) is 7.85. The molecule has 0 aliphatic rings. The number of hydrogen-bond acceptors (Lipinski definition) is 3. The highest BCUT2D eigenvalue weighted by molar-refractivity contribution is 5.92. The van der Waals surface area contributed by atoms with E-state index in [1.54, 1.807) is 4.68 Å². The van der Waals surface area contributed by atoms with Gasteiger partial charge in [-0.05, 0) is 37.7 Å². The number of rotatable bonds is 8. The lowest BCUT2D eigenvalue weighted by atomic mass is 10.0. The van der Waals surface area contributed by atoms with Crippen molar-refractivity contribution in [3.63, 3.8) is 0 Å². The summed E-state index contributed by atoms with van der Waals surface area (Å²) in [7, 11) is 0. The van der Waals surface area contributed by atoms with Gasteiger partial charge in [0.25, 0.3) is 5.91 Å². The van der Waals surface area contributed by atoms with Crippen LogP contribution in [0.3, 0.4) is 0 Å². The second-order valence-corrected chi connectivity index (χ2v) is 6.42. The molecular formula is C16H29N3O2. The summed E-state index contributed by atoms with van der Waals surface area (Å²) in [4.78, 5) is 12.4. The molecule has 1 aromatic rings. The summed E-state index contributed by atoms with van der Waals surface area (Å²) in [6.45, 7) is 11.0. The van der Waals surface area contributed by atoms with E-state index in [2.05, 4.69) is 38.1 Å². The number of nitrogens with zero attached hydrogens (tertiary/aromatic N) is 2. The van der Waals surface area contributed by atoms with Crippen LogP contribution in [0.1, 0.15) is 57.2 Å². The van der Waals surface area contributed by atoms with Gasteiger partial charge < -0.3 is 10.4 Å². The number of aliphatic hydroxyl groups excluding tert-OH is 1. The maximum absolute atomic E-state index is 12.4. The Morgan fingerprint density at radius 1 is 1.33 bits per heavy atom. The Morgan fingerprint density at radius 2 is 2.00 bits per heavy atom. The van der Waals surface area contributed by atoms with E-state index in [9.17, 15) is 9.90 Å². The van der Waals surface area contributed by atoms with E-state index in [1.165, 1.54) is 0 Å². The summed E-state index contributed by atoms with van der Waals surface area (Å²) in [6, 6.07) is 1.66. The standard InChI is InChI=1S/C16H29N3O2/c1-6-19-15(9-13(18-19)7-11(2)3)16(21)17-14(10-20)8-12(4)5/h9,11-12,14,20H,6-8,10H2,1-5H3,(H,17,21)/t14-/m0/s1. The molecule has 21 heavy (non-hydrogen) atoms. The predicted octanol–water partition coefficient (Wildman–Crippen LogP) is 2.24. The molecule has 0 aliphatic heterocycles. The molecule has 0 saturated carbocycles. The normalized spacial score (nSPS) is 13.0. The van der Waals surface area contributed by atoms with Gasteiger partial charge >= 0.3 is 0 Å². The minimum atomic E-state index is -0.203. The van der Waals surface area contributed by atoms with E-state index in [4.69, 9.17) is 0 Å². The van der Waals surface area contributed by atoms with Crippen molar-refractivity contribution in [2.75, 3.05) is 6.61 Å². The highest BCUT2D eigenvalue weighted by Crippen LogP contribution is 2.11. The van der Waals surface area contributed by atoms with Crippen LogP contribution in [-0.2, 0) is 13.0 Å². The number of aryl methyl sites for hydroxylation is 1. The Balaban J connectivity index is 2.82. The molecule has 0 radical (unpaired) electrons. The highest BCUT2D eigenvalue weighted by atomic mass is 16.3. The van der Waals surface area contributed by atoms with Crippen LogP contribution in [0.25, 0.3) is 0 Å². The van der Waals surface area contributed by atoms with Gasteiger partial charge in [0.05, 0.1) is 18.3 Å². The number of amides is 1. The third-order valence-corrected chi connectivity index (χ3v) is 3.29. The fourth-order valence-electron chi connectivity index (χ4n) is 2.42. The number of carbonyl (C=O) groups is 1. The smallest absolute Gasteiger partial charge is 0.269 e. The molecule has 120 valence electrons. The number of aliphatic hydroxyl groups is 1. The second-order valence-electron chi connectivity index (χ2n) is 6.42. The Bertz CT molecular complexity index is 452. The number of nitrogens with one attached hydrogen (secondary N) is 1. The molecule has 0 unspecified atom stereocenters. The first kappa shape index (κ1) is 17.7. The summed E-state index contributed by atoms with van der Waals surface area (Å²) in [5.74, 6) is 0.779. The van der Waals surface area contributed by atoms with Crippen LogP contribution in [0.5, 0.6) is 0 Å². The zero-order valence-corrected chi connectivity index (χ0v) is 13.9. The highest BCUT2D eigenvalue weighted by Gasteiger charge is 2.19. The largest absolute Gasteiger partial charge is 0.394 e. The third kappa shape index (κ3) is 5.50. The molecule has 0 bridgehead atoms. The van der Waals surface area contributed by atoms with Crippen LogP contribution >= 0.6 is 0 Å². The monoisotopic (exact) mass is 295 g/mol. The fraction of sp³-hybridized carbons (Fsp3) is 0.750. The van der Waals surface area contributed by atoms with E-state index in [0.29, 0.717) is 24.1 Å². The van der Waals surface area contributed by atoms with E-state index >= 15 is 0 Å². The van der Waals surface area contributed by atoms with Crippen LogP contribution in [0.2, 0.25) is 0 Å². The first-order chi connectivity index (χ1) is 9.87. The average Bonchev–Trinajstić information content (AvgIpc) is 2.79. The van der Waals surface area contributed by atoms with Crippen LogP contribution in [-0.4, -0.2) is 33.4 Å². The fourth-order valence-corrected chi connectivity index (χ4v) is 2.42. The van der Waals surface area contributed by atoms with Gasteiger partial charge in [-0.1, -0.05) is 27.7 Å². The van der Waals surface area contributed by atoms with E-state index in [1.807, 2.05) is 13.0 Å². The lowest BCUT2D eigenvalue weighted by Gasteiger charge is -2.18. The van der Waals surface area contributed by atoms with Crippen molar-refractivity contribution in [1.29, 1.82) is 0 Å². The number of hydrogen-bond donors (Lipinski definition) is 2. The van der Waals surface area contributed by atoms with Gasteiger partial charge in [0, 0.05) is 6.54 Å². The Kier molecular flexibility index (Phi) is 6.89. The summed E-state index contributed by atoms with van der Waals surface area (Å²) in [5.41, 5.74) is 1.52. The van der Waals surface area contributed by atoms with Crippen molar-refractivity contribution in [3.05, 3.63) is 17.5 Å². The van der Waals surface area contributed by atoms with E-state index in [-0.39, 0.29) is 18.6 Å². The lowest BCUT2D eigenvalue weighted by Crippen LogP contribution is -2.39. The van der Waals surface area contributed by atoms with Gasteiger partial charge in [-0.25, -0.2) is 0 Å². The summed E-state index contributed by atoms with van der Waals surface area (Å²) >= 11 is 0. The van der Waals surface area contributed by atoms with Gasteiger partial charge in [-0.3, -0.25) is 9.48 Å². The van der Waals surface area contributed by atoms with Crippen molar-refractivity contribution < 1.29 is 9.90 Å². The molecule has 0 spiro atoms. The molecular weight excluding hydrogens is 266 g/mol. The van der Waals surface area contributed by atoms with Crippen molar-refractivity contribution >= 4 is 5.91 Å². The molecule has 5 nitrogen and oxygen atoms in total. The molecule has 0 aliphatic carbocycles. The first-order valence-electron chi connectivity index (χ1n) is 7.85. The Labute approximate surface area is 127 Å². The molecule has 1 atom stereocenters. The van der Waals surface area contributed by atoms with Crippen LogP contribution < -0.4 is 5.32 Å². The second kappa shape index (κ2) is 8.17. The SMILES string of the molecule is CCn1nc(CC(C)C)cc1C(=O)N[C@H](CO)CC(C)C. The van der Waals surface area contributed by atoms with Crippen LogP contribution in [0.4, 0.5) is 0 Å². The molecule has 0 saturated heterocycles. The molecule has 0 aromatic carbocycles. The van der Waals surface area contributed by atoms with Gasteiger partial charge in [-0.2, -0.15) is 5.10 Å². The summed E-state index contributed by atoms with van der Waals surface area (Å²) in [5, 5.41) is 16.8. The van der Waals surface area contributed by atoms with E-state index < -0.39 is 0 Å². The van der Waals surface area contributed by atoms with Crippen molar-refractivity contribution in [2.24, 2.45) is 11.8 Å². The maximum Gasteiger partial charge on any atom is 0.269 e. The quantitative estimate of drug-likeness (QED) is 0.773. The molecule has 2 N–H and O–H groups in total. The van der Waals surface area contributed by atoms with Crippen LogP contribution in [0.15, 0.2) is 6.07 Å². The van der Waals surface area contributed by atoms with Gasteiger partial charge in [0.15, 0.2) is 0 Å². The van der Waals surface area contributed by atoms with Crippen molar-refractivity contribution in [3.8, 4) is 0 Å². The minimum Gasteiger partial charge on any atom is -0.394 e. The average molecular weight is 295 g/mol. The third-order valence-electron chi connectivity index (χ3n) is 3.29. The summed E-state index contributed by atoms with van der Waals surface area (Å²) < 4.78 is 1.73. The van der Waals surface area contributed by atoms with Crippen molar-refractivity contribution in [2.45, 2.75) is 60.0 Å². The number of aromatic nitrogens is 2.